The molecule has 3 aromatic carbocycles. The van der Waals surface area contributed by atoms with E-state index < -0.39 is 11.6 Å². The summed E-state index contributed by atoms with van der Waals surface area (Å²) in [6, 6.07) is 16.4. The predicted octanol–water partition coefficient (Wildman–Crippen LogP) is 6.57. The molecule has 0 aromatic heterocycles. The van der Waals surface area contributed by atoms with Gasteiger partial charge in [-0.1, -0.05) is 60.7 Å². The molecule has 1 atom stereocenters. The monoisotopic (exact) mass is 394 g/mol. The SMILES string of the molecule is CC(O)CCCC=Cc1ccc(-c2ccc(-c3ccc(O)cc3)c(F)c2F)cc1. The quantitative estimate of drug-likeness (QED) is 0.445. The van der Waals surface area contributed by atoms with Crippen LogP contribution in [0.3, 0.4) is 0 Å². The molecule has 0 amide bonds. The minimum atomic E-state index is -0.907. The second-order valence-corrected chi connectivity index (χ2v) is 7.14. The van der Waals surface area contributed by atoms with E-state index in [0.717, 1.165) is 24.8 Å². The van der Waals surface area contributed by atoms with E-state index in [1.807, 2.05) is 24.3 Å². The standard InChI is InChI=1S/C25H24F2O2/c1-17(28)5-3-2-4-6-18-7-9-19(10-8-18)22-15-16-23(25(27)24(22)26)20-11-13-21(29)14-12-20/h4,6-17,28-29H,2-3,5H2,1H3. The Labute approximate surface area is 169 Å². The summed E-state index contributed by atoms with van der Waals surface area (Å²) < 4.78 is 29.3. The van der Waals surface area contributed by atoms with Crippen LogP contribution >= 0.6 is 0 Å². The smallest absolute Gasteiger partial charge is 0.167 e. The summed E-state index contributed by atoms with van der Waals surface area (Å²) in [7, 11) is 0. The molecule has 150 valence electrons. The first-order valence-electron chi connectivity index (χ1n) is 9.68. The lowest BCUT2D eigenvalue weighted by molar-refractivity contribution is 0.182. The maximum absolute atomic E-state index is 14.7. The fraction of sp³-hybridized carbons (Fsp3) is 0.200. The van der Waals surface area contributed by atoms with Crippen LogP contribution in [-0.4, -0.2) is 16.3 Å². The highest BCUT2D eigenvalue weighted by Gasteiger charge is 2.15. The molecule has 0 radical (unpaired) electrons. The highest BCUT2D eigenvalue weighted by Crippen LogP contribution is 2.32. The average Bonchev–Trinajstić information content (AvgIpc) is 2.71. The van der Waals surface area contributed by atoms with Crippen molar-refractivity contribution in [1.29, 1.82) is 0 Å². The maximum Gasteiger partial charge on any atom is 0.167 e. The van der Waals surface area contributed by atoms with Crippen LogP contribution in [0.25, 0.3) is 28.3 Å². The molecule has 0 aliphatic carbocycles. The molecular weight excluding hydrogens is 370 g/mol. The number of aromatic hydroxyl groups is 1. The molecular formula is C25H24F2O2. The number of hydrogen-bond acceptors (Lipinski definition) is 2. The average molecular weight is 394 g/mol. The first-order chi connectivity index (χ1) is 14.0. The zero-order valence-corrected chi connectivity index (χ0v) is 16.3. The predicted molar refractivity (Wildman–Crippen MR) is 113 cm³/mol. The topological polar surface area (TPSA) is 40.5 Å². The third kappa shape index (κ3) is 5.30. The number of aliphatic hydroxyl groups is 1. The summed E-state index contributed by atoms with van der Waals surface area (Å²) in [5, 5.41) is 18.6. The second-order valence-electron chi connectivity index (χ2n) is 7.14. The van der Waals surface area contributed by atoms with Gasteiger partial charge in [0, 0.05) is 11.1 Å². The Morgan fingerprint density at radius 1 is 0.828 bits per heavy atom. The number of hydrogen-bond donors (Lipinski definition) is 2. The van der Waals surface area contributed by atoms with E-state index in [0.29, 0.717) is 11.1 Å². The molecule has 0 spiro atoms. The van der Waals surface area contributed by atoms with Crippen LogP contribution in [0.2, 0.25) is 0 Å². The van der Waals surface area contributed by atoms with Crippen molar-refractivity contribution in [1.82, 2.24) is 0 Å². The van der Waals surface area contributed by atoms with Crippen molar-refractivity contribution >= 4 is 6.08 Å². The van der Waals surface area contributed by atoms with E-state index in [1.54, 1.807) is 43.3 Å². The van der Waals surface area contributed by atoms with Crippen LogP contribution in [-0.2, 0) is 0 Å². The second kappa shape index (κ2) is 9.48. The minimum Gasteiger partial charge on any atom is -0.508 e. The molecule has 2 N–H and O–H groups in total. The Bertz CT molecular complexity index is 975. The zero-order chi connectivity index (χ0) is 20.8. The van der Waals surface area contributed by atoms with Gasteiger partial charge >= 0.3 is 0 Å². The van der Waals surface area contributed by atoms with Gasteiger partial charge in [0.15, 0.2) is 11.6 Å². The van der Waals surface area contributed by atoms with Gasteiger partial charge in [-0.05, 0) is 55.0 Å². The van der Waals surface area contributed by atoms with Gasteiger partial charge in [0.1, 0.15) is 5.75 Å². The zero-order valence-electron chi connectivity index (χ0n) is 16.3. The number of aliphatic hydroxyl groups excluding tert-OH is 1. The Morgan fingerprint density at radius 3 is 1.86 bits per heavy atom. The first kappa shape index (κ1) is 20.7. The molecule has 3 rings (SSSR count). The van der Waals surface area contributed by atoms with Gasteiger partial charge in [0.25, 0.3) is 0 Å². The summed E-state index contributed by atoms with van der Waals surface area (Å²) in [6.45, 7) is 1.78. The van der Waals surface area contributed by atoms with Gasteiger partial charge < -0.3 is 10.2 Å². The molecule has 2 nitrogen and oxygen atoms in total. The van der Waals surface area contributed by atoms with E-state index in [9.17, 15) is 19.0 Å². The summed E-state index contributed by atoms with van der Waals surface area (Å²) in [4.78, 5) is 0. The van der Waals surface area contributed by atoms with Crippen molar-refractivity contribution < 1.29 is 19.0 Å². The third-order valence-electron chi connectivity index (χ3n) is 4.79. The van der Waals surface area contributed by atoms with Crippen molar-refractivity contribution in [2.75, 3.05) is 0 Å². The fourth-order valence-electron chi connectivity index (χ4n) is 3.16. The molecule has 4 heteroatoms. The van der Waals surface area contributed by atoms with Crippen LogP contribution in [0.4, 0.5) is 8.78 Å². The summed E-state index contributed by atoms with van der Waals surface area (Å²) in [5.74, 6) is -1.73. The maximum atomic E-state index is 14.7. The van der Waals surface area contributed by atoms with Crippen LogP contribution < -0.4 is 0 Å². The van der Waals surface area contributed by atoms with E-state index >= 15 is 0 Å². The molecule has 0 aliphatic rings. The Kier molecular flexibility index (Phi) is 6.78. The molecule has 3 aromatic rings. The Morgan fingerprint density at radius 2 is 1.34 bits per heavy atom. The van der Waals surface area contributed by atoms with E-state index in [-0.39, 0.29) is 23.0 Å². The summed E-state index contributed by atoms with van der Waals surface area (Å²) >= 11 is 0. The number of rotatable bonds is 7. The first-order valence-corrected chi connectivity index (χ1v) is 9.68. The molecule has 0 aliphatic heterocycles. The molecule has 0 fully saturated rings. The third-order valence-corrected chi connectivity index (χ3v) is 4.79. The van der Waals surface area contributed by atoms with Crippen LogP contribution in [0.15, 0.2) is 66.7 Å². The molecule has 1 unspecified atom stereocenters. The fourth-order valence-corrected chi connectivity index (χ4v) is 3.16. The van der Waals surface area contributed by atoms with Gasteiger partial charge in [0.2, 0.25) is 0 Å². The lowest BCUT2D eigenvalue weighted by atomic mass is 9.98. The molecule has 0 saturated carbocycles. The Hall–Kier alpha value is -2.98. The van der Waals surface area contributed by atoms with Gasteiger partial charge in [-0.2, -0.15) is 0 Å². The van der Waals surface area contributed by atoms with E-state index in [2.05, 4.69) is 0 Å². The van der Waals surface area contributed by atoms with Crippen LogP contribution in [0.1, 0.15) is 31.7 Å². The van der Waals surface area contributed by atoms with Gasteiger partial charge in [0.05, 0.1) is 6.10 Å². The van der Waals surface area contributed by atoms with Crippen LogP contribution in [0, 0.1) is 11.6 Å². The van der Waals surface area contributed by atoms with Gasteiger partial charge in [-0.25, -0.2) is 8.78 Å². The summed E-state index contributed by atoms with van der Waals surface area (Å²) in [5.41, 5.74) is 2.44. The van der Waals surface area contributed by atoms with Gasteiger partial charge in [-0.3, -0.25) is 0 Å². The minimum absolute atomic E-state index is 0.0725. The van der Waals surface area contributed by atoms with Crippen molar-refractivity contribution in [2.45, 2.75) is 32.3 Å². The highest BCUT2D eigenvalue weighted by atomic mass is 19.2. The number of unbranched alkanes of at least 4 members (excludes halogenated alkanes) is 1. The van der Waals surface area contributed by atoms with E-state index in [1.165, 1.54) is 12.1 Å². The molecule has 29 heavy (non-hydrogen) atoms. The number of allylic oxidation sites excluding steroid dienone is 1. The molecule has 0 bridgehead atoms. The van der Waals surface area contributed by atoms with E-state index in [4.69, 9.17) is 0 Å². The molecule has 0 saturated heterocycles. The van der Waals surface area contributed by atoms with Crippen molar-refractivity contribution in [2.24, 2.45) is 0 Å². The van der Waals surface area contributed by atoms with Crippen LogP contribution in [0.5, 0.6) is 5.75 Å². The normalized spacial score (nSPS) is 12.4. The summed E-state index contributed by atoms with van der Waals surface area (Å²) in [6.07, 6.45) is 6.32. The number of halogens is 2. The number of phenolic OH excluding ortho intramolecular Hbond substituents is 1. The van der Waals surface area contributed by atoms with Crippen molar-refractivity contribution in [3.8, 4) is 28.0 Å². The number of benzene rings is 3. The van der Waals surface area contributed by atoms with Crippen molar-refractivity contribution in [3.05, 3.63) is 83.9 Å². The highest BCUT2D eigenvalue weighted by molar-refractivity contribution is 5.72. The molecule has 0 heterocycles. The van der Waals surface area contributed by atoms with Gasteiger partial charge in [-0.15, -0.1) is 0 Å². The number of phenols is 1. The van der Waals surface area contributed by atoms with Crippen molar-refractivity contribution in [3.63, 3.8) is 0 Å². The largest absolute Gasteiger partial charge is 0.508 e. The lowest BCUT2D eigenvalue weighted by Gasteiger charge is -2.10. The Balaban J connectivity index is 1.76. The lowest BCUT2D eigenvalue weighted by Crippen LogP contribution is -1.97.